The molecule has 0 aliphatic heterocycles. The summed E-state index contributed by atoms with van der Waals surface area (Å²) in [5.74, 6) is 0.442. The first-order chi connectivity index (χ1) is 16.5. The minimum absolute atomic E-state index is 0.139. The van der Waals surface area contributed by atoms with Crippen molar-refractivity contribution in [2.45, 2.75) is 46.6 Å². The zero-order chi connectivity index (χ0) is 26.0. The van der Waals surface area contributed by atoms with Crippen LogP contribution in [0.2, 0.25) is 5.02 Å². The molecule has 2 amide bonds. The summed E-state index contributed by atoms with van der Waals surface area (Å²) in [5.41, 5.74) is 0.351. The Morgan fingerprint density at radius 3 is 2.43 bits per heavy atom. The molecule has 2 rings (SSSR count). The van der Waals surface area contributed by atoms with Crippen LogP contribution in [0.25, 0.3) is 0 Å². The number of carbonyl (C=O) groups is 2. The number of ether oxygens (including phenoxy) is 2. The highest BCUT2D eigenvalue weighted by Gasteiger charge is 2.24. The number of nitriles is 1. The predicted octanol–water partition coefficient (Wildman–Crippen LogP) is 5.57. The fourth-order valence-electron chi connectivity index (χ4n) is 3.28. The van der Waals surface area contributed by atoms with Crippen LogP contribution in [-0.4, -0.2) is 53.7 Å². The molecule has 0 aliphatic rings. The molecule has 0 spiro atoms. The summed E-state index contributed by atoms with van der Waals surface area (Å²) in [6.45, 7) is 10.6. The number of rotatable bonds is 10. The molecule has 0 bridgehead atoms. The highest BCUT2D eigenvalue weighted by Crippen LogP contribution is 2.23. The van der Waals surface area contributed by atoms with Crippen LogP contribution in [-0.2, 0) is 4.74 Å². The molecule has 0 fully saturated rings. The Labute approximate surface area is 212 Å². The molecule has 188 valence electrons. The highest BCUT2D eigenvalue weighted by atomic mass is 35.5. The molecule has 35 heavy (non-hydrogen) atoms. The van der Waals surface area contributed by atoms with E-state index in [9.17, 15) is 9.59 Å². The van der Waals surface area contributed by atoms with Crippen LogP contribution in [0.3, 0.4) is 0 Å². The van der Waals surface area contributed by atoms with E-state index < -0.39 is 11.7 Å². The monoisotopic (exact) mass is 500 g/mol. The van der Waals surface area contributed by atoms with Crippen molar-refractivity contribution in [2.75, 3.05) is 31.1 Å². The van der Waals surface area contributed by atoms with Crippen LogP contribution in [0, 0.1) is 17.2 Å². The molecule has 0 radical (unpaired) electrons. The van der Waals surface area contributed by atoms with Gasteiger partial charge in [-0.2, -0.15) is 5.26 Å². The smallest absolute Gasteiger partial charge is 0.414 e. The molecule has 0 unspecified atom stereocenters. The lowest BCUT2D eigenvalue weighted by molar-refractivity contribution is 0.0575. The van der Waals surface area contributed by atoms with Crippen LogP contribution >= 0.6 is 11.6 Å². The first-order valence-corrected chi connectivity index (χ1v) is 11.9. The molecule has 2 aromatic rings. The minimum Gasteiger partial charge on any atom is -0.492 e. The molecule has 1 heterocycles. The predicted molar refractivity (Wildman–Crippen MR) is 136 cm³/mol. The van der Waals surface area contributed by atoms with Crippen molar-refractivity contribution in [3.8, 4) is 11.8 Å². The number of carbonyl (C=O) groups excluding carboxylic acids is 2. The van der Waals surface area contributed by atoms with Crippen LogP contribution in [0.15, 0.2) is 42.7 Å². The van der Waals surface area contributed by atoms with E-state index in [0.717, 1.165) is 0 Å². The molecular formula is C26H33ClN4O4. The average molecular weight is 501 g/mol. The molecule has 0 saturated carbocycles. The lowest BCUT2D eigenvalue weighted by Gasteiger charge is -2.27. The molecule has 1 aromatic carbocycles. The first kappa shape index (κ1) is 27.9. The average Bonchev–Trinajstić information content (AvgIpc) is 2.77. The van der Waals surface area contributed by atoms with Gasteiger partial charge in [-0.3, -0.25) is 14.7 Å². The van der Waals surface area contributed by atoms with Crippen molar-refractivity contribution in [1.82, 2.24) is 9.88 Å². The molecule has 0 N–H and O–H groups in total. The Balaban J connectivity index is 2.15. The molecule has 0 atom stereocenters. The van der Waals surface area contributed by atoms with Gasteiger partial charge < -0.3 is 14.4 Å². The van der Waals surface area contributed by atoms with Crippen molar-refractivity contribution in [3.05, 3.63) is 53.3 Å². The number of aromatic nitrogens is 1. The molecule has 0 aliphatic carbocycles. The molecule has 9 heteroatoms. The zero-order valence-corrected chi connectivity index (χ0v) is 21.7. The summed E-state index contributed by atoms with van der Waals surface area (Å²) in [6, 6.07) is 10.3. The van der Waals surface area contributed by atoms with Gasteiger partial charge in [-0.15, -0.1) is 0 Å². The van der Waals surface area contributed by atoms with E-state index in [1.54, 1.807) is 68.4 Å². The van der Waals surface area contributed by atoms with Crippen LogP contribution in [0.1, 0.15) is 51.4 Å². The Bertz CT molecular complexity index is 1030. The normalized spacial score (nSPS) is 11.0. The van der Waals surface area contributed by atoms with Gasteiger partial charge in [0.2, 0.25) is 0 Å². The summed E-state index contributed by atoms with van der Waals surface area (Å²) in [5, 5.41) is 9.30. The summed E-state index contributed by atoms with van der Waals surface area (Å²) in [7, 11) is 0. The second-order valence-electron chi connectivity index (χ2n) is 9.41. The van der Waals surface area contributed by atoms with E-state index in [4.69, 9.17) is 26.3 Å². The van der Waals surface area contributed by atoms with E-state index >= 15 is 0 Å². The second kappa shape index (κ2) is 13.0. The number of pyridine rings is 1. The van der Waals surface area contributed by atoms with Crippen molar-refractivity contribution in [1.29, 1.82) is 5.26 Å². The van der Waals surface area contributed by atoms with Gasteiger partial charge in [-0.05, 0) is 57.0 Å². The van der Waals surface area contributed by atoms with Gasteiger partial charge in [0.15, 0.2) is 0 Å². The van der Waals surface area contributed by atoms with Gasteiger partial charge in [-0.25, -0.2) is 4.79 Å². The van der Waals surface area contributed by atoms with Crippen LogP contribution in [0.5, 0.6) is 5.75 Å². The third kappa shape index (κ3) is 9.45. The van der Waals surface area contributed by atoms with Gasteiger partial charge in [0.25, 0.3) is 5.91 Å². The number of hydrogen-bond donors (Lipinski definition) is 0. The van der Waals surface area contributed by atoms with Gasteiger partial charge in [0, 0.05) is 36.1 Å². The number of benzene rings is 1. The number of halogens is 1. The quantitative estimate of drug-likeness (QED) is 0.423. The number of anilines is 1. The van der Waals surface area contributed by atoms with Gasteiger partial charge in [0.1, 0.15) is 18.0 Å². The van der Waals surface area contributed by atoms with Crippen LogP contribution < -0.4 is 9.64 Å². The Morgan fingerprint density at radius 2 is 1.83 bits per heavy atom. The highest BCUT2D eigenvalue weighted by molar-refractivity contribution is 6.31. The number of amides is 2. The molecule has 1 aromatic heterocycles. The van der Waals surface area contributed by atoms with E-state index in [0.29, 0.717) is 35.1 Å². The Morgan fingerprint density at radius 1 is 1.14 bits per heavy atom. The number of hydrogen-bond acceptors (Lipinski definition) is 6. The molecular weight excluding hydrogens is 468 g/mol. The van der Waals surface area contributed by atoms with Gasteiger partial charge in [0.05, 0.1) is 24.7 Å². The second-order valence-corrected chi connectivity index (χ2v) is 9.85. The number of nitrogens with zero attached hydrogens (tertiary/aromatic N) is 4. The largest absolute Gasteiger partial charge is 0.492 e. The van der Waals surface area contributed by atoms with E-state index in [1.165, 1.54) is 4.90 Å². The van der Waals surface area contributed by atoms with E-state index in [-0.39, 0.29) is 31.4 Å². The van der Waals surface area contributed by atoms with E-state index in [1.807, 2.05) is 13.8 Å². The first-order valence-electron chi connectivity index (χ1n) is 11.5. The summed E-state index contributed by atoms with van der Waals surface area (Å²) >= 11 is 6.27. The topological polar surface area (TPSA) is 95.8 Å². The fraction of sp³-hybridized carbons (Fsp3) is 0.462. The maximum Gasteiger partial charge on any atom is 0.414 e. The molecule has 0 saturated heterocycles. The summed E-state index contributed by atoms with van der Waals surface area (Å²) in [6.07, 6.45) is 2.93. The maximum absolute atomic E-state index is 13.1. The lowest BCUT2D eigenvalue weighted by Crippen LogP contribution is -2.39. The summed E-state index contributed by atoms with van der Waals surface area (Å²) in [4.78, 5) is 33.0. The maximum atomic E-state index is 13.1. The van der Waals surface area contributed by atoms with Crippen molar-refractivity contribution >= 4 is 29.3 Å². The third-order valence-corrected chi connectivity index (χ3v) is 4.87. The zero-order valence-electron chi connectivity index (χ0n) is 21.0. The van der Waals surface area contributed by atoms with E-state index in [2.05, 4.69) is 11.1 Å². The van der Waals surface area contributed by atoms with Crippen molar-refractivity contribution in [3.63, 3.8) is 0 Å². The minimum atomic E-state index is -0.654. The lowest BCUT2D eigenvalue weighted by atomic mass is 10.1. The van der Waals surface area contributed by atoms with Gasteiger partial charge in [-0.1, -0.05) is 25.4 Å². The molecule has 8 nitrogen and oxygen atoms in total. The SMILES string of the molecule is CC(C)CN(CCC#N)C(=O)c1cc(Cl)cc(OCCN(C(=O)OC(C)(C)C)c2ccncc2)c1. The third-order valence-electron chi connectivity index (χ3n) is 4.66. The standard InChI is InChI=1S/C26H33ClN4O4/c1-19(2)18-30(12-6-9-28)24(32)20-15-21(27)17-23(16-20)34-14-13-31(22-7-10-29-11-8-22)25(33)35-26(3,4)5/h7-8,10-11,15-17,19H,6,12-14,18H2,1-5H3. The summed E-state index contributed by atoms with van der Waals surface area (Å²) < 4.78 is 11.4. The Hall–Kier alpha value is -3.31. The van der Waals surface area contributed by atoms with Crippen molar-refractivity contribution in [2.24, 2.45) is 5.92 Å². The van der Waals surface area contributed by atoms with Crippen molar-refractivity contribution < 1.29 is 19.1 Å². The van der Waals surface area contributed by atoms with Gasteiger partial charge >= 0.3 is 6.09 Å². The fourth-order valence-corrected chi connectivity index (χ4v) is 3.50. The van der Waals surface area contributed by atoms with Crippen LogP contribution in [0.4, 0.5) is 10.5 Å². The Kier molecular flexibility index (Phi) is 10.3.